The smallest absolute Gasteiger partial charge is 0.0907 e. The molecular weight excluding hydrogens is 288 g/mol. The van der Waals surface area contributed by atoms with Crippen molar-refractivity contribution in [3.8, 4) is 0 Å². The lowest BCUT2D eigenvalue weighted by molar-refractivity contribution is 1.04. The highest BCUT2D eigenvalue weighted by atomic mass is 32.1. The van der Waals surface area contributed by atoms with Crippen molar-refractivity contribution in [2.75, 3.05) is 4.90 Å². The molecule has 0 atom stereocenters. The Morgan fingerprint density at radius 3 is 2.91 bits per heavy atom. The Bertz CT molecular complexity index is 892. The van der Waals surface area contributed by atoms with E-state index in [1.54, 1.807) is 11.3 Å². The van der Waals surface area contributed by atoms with E-state index in [4.69, 9.17) is 0 Å². The van der Waals surface area contributed by atoms with Gasteiger partial charge in [-0.15, -0.1) is 11.3 Å². The van der Waals surface area contributed by atoms with Crippen LogP contribution in [-0.4, -0.2) is 4.98 Å². The number of benzene rings is 2. The fourth-order valence-corrected chi connectivity index (χ4v) is 3.91. The van der Waals surface area contributed by atoms with E-state index >= 15 is 0 Å². The van der Waals surface area contributed by atoms with Gasteiger partial charge >= 0.3 is 0 Å². The molecule has 0 saturated heterocycles. The van der Waals surface area contributed by atoms with Crippen LogP contribution in [0.2, 0.25) is 0 Å². The molecule has 0 radical (unpaired) electrons. The van der Waals surface area contributed by atoms with E-state index in [-0.39, 0.29) is 0 Å². The lowest BCUT2D eigenvalue weighted by Gasteiger charge is -2.19. The predicted molar refractivity (Wildman–Crippen MR) is 95.4 cm³/mol. The van der Waals surface area contributed by atoms with Gasteiger partial charge in [0, 0.05) is 23.5 Å². The number of aromatic nitrogens is 1. The largest absolute Gasteiger partial charge is 0.337 e. The zero-order chi connectivity index (χ0) is 15.3. The third kappa shape index (κ3) is 2.04. The Balaban J connectivity index is 1.75. The van der Waals surface area contributed by atoms with Crippen molar-refractivity contribution in [3.63, 3.8) is 0 Å². The third-order valence-electron chi connectivity index (χ3n) is 4.34. The van der Waals surface area contributed by atoms with Crippen molar-refractivity contribution in [2.24, 2.45) is 0 Å². The molecule has 2 heterocycles. The first kappa shape index (κ1) is 13.5. The summed E-state index contributed by atoms with van der Waals surface area (Å²) in [5.74, 6) is 0. The highest BCUT2D eigenvalue weighted by Crippen LogP contribution is 2.37. The molecule has 1 aromatic heterocycles. The van der Waals surface area contributed by atoms with Crippen molar-refractivity contribution in [2.45, 2.75) is 26.8 Å². The van der Waals surface area contributed by atoms with Gasteiger partial charge in [0.1, 0.15) is 0 Å². The zero-order valence-electron chi connectivity index (χ0n) is 12.9. The third-order valence-corrected chi connectivity index (χ3v) is 5.29. The zero-order valence-corrected chi connectivity index (χ0v) is 13.7. The lowest BCUT2D eigenvalue weighted by Crippen LogP contribution is -2.12. The molecule has 0 saturated carbocycles. The van der Waals surface area contributed by atoms with Crippen molar-refractivity contribution in [1.82, 2.24) is 4.98 Å². The molecule has 4 rings (SSSR count). The molecule has 1 aliphatic rings. The Labute approximate surface area is 134 Å². The molecule has 0 fully saturated rings. The van der Waals surface area contributed by atoms with Gasteiger partial charge in [0.05, 0.1) is 15.2 Å². The second-order valence-corrected chi connectivity index (χ2v) is 7.00. The van der Waals surface area contributed by atoms with Crippen molar-refractivity contribution in [1.29, 1.82) is 0 Å². The standard InChI is InChI=1S/C19H18N2S/c1-4-14-5-6-15-11-21(12(2)17(15)9-14)16-7-8-19-18(10-16)20-13(3)22-19/h5-10H,2,4,11H2,1,3H3. The van der Waals surface area contributed by atoms with Crippen LogP contribution >= 0.6 is 11.3 Å². The van der Waals surface area contributed by atoms with Gasteiger partial charge in [0.2, 0.25) is 0 Å². The highest BCUT2D eigenvalue weighted by molar-refractivity contribution is 7.18. The Morgan fingerprint density at radius 1 is 1.23 bits per heavy atom. The molecule has 2 aromatic carbocycles. The van der Waals surface area contributed by atoms with Crippen molar-refractivity contribution in [3.05, 3.63) is 64.7 Å². The average Bonchev–Trinajstić information content (AvgIpc) is 3.05. The Morgan fingerprint density at radius 2 is 2.09 bits per heavy atom. The fraction of sp³-hybridized carbons (Fsp3) is 0.211. The molecule has 1 aliphatic heterocycles. The van der Waals surface area contributed by atoms with E-state index < -0.39 is 0 Å². The summed E-state index contributed by atoms with van der Waals surface area (Å²) in [5, 5.41) is 1.11. The minimum atomic E-state index is 0.896. The number of rotatable bonds is 2. The van der Waals surface area contributed by atoms with Gasteiger partial charge in [-0.3, -0.25) is 0 Å². The molecule has 3 aromatic rings. The molecule has 2 nitrogen and oxygen atoms in total. The number of hydrogen-bond donors (Lipinski definition) is 0. The molecule has 0 unspecified atom stereocenters. The van der Waals surface area contributed by atoms with Gasteiger partial charge in [0.25, 0.3) is 0 Å². The number of nitrogens with zero attached hydrogens (tertiary/aromatic N) is 2. The van der Waals surface area contributed by atoms with Gasteiger partial charge in [-0.05, 0) is 48.7 Å². The SMILES string of the molecule is C=C1c2cc(CC)ccc2CN1c1ccc2sc(C)nc2c1. The Kier molecular flexibility index (Phi) is 3.05. The van der Waals surface area contributed by atoms with Crippen LogP contribution < -0.4 is 4.90 Å². The molecule has 22 heavy (non-hydrogen) atoms. The van der Waals surface area contributed by atoms with Gasteiger partial charge in [-0.2, -0.15) is 0 Å². The van der Waals surface area contributed by atoms with Gasteiger partial charge in [0.15, 0.2) is 0 Å². The molecule has 0 bridgehead atoms. The number of hydrogen-bond acceptors (Lipinski definition) is 3. The number of fused-ring (bicyclic) bond motifs is 2. The summed E-state index contributed by atoms with van der Waals surface area (Å²) in [4.78, 5) is 6.90. The van der Waals surface area contributed by atoms with Crippen LogP contribution in [0.25, 0.3) is 15.9 Å². The van der Waals surface area contributed by atoms with Gasteiger partial charge in [-0.25, -0.2) is 4.98 Å². The van der Waals surface area contributed by atoms with Gasteiger partial charge in [-0.1, -0.05) is 25.6 Å². The summed E-state index contributed by atoms with van der Waals surface area (Å²) < 4.78 is 1.25. The van der Waals surface area contributed by atoms with E-state index in [0.717, 1.165) is 29.2 Å². The maximum absolute atomic E-state index is 4.61. The van der Waals surface area contributed by atoms with E-state index in [2.05, 4.69) is 66.7 Å². The van der Waals surface area contributed by atoms with Crippen LogP contribution in [0.1, 0.15) is 28.6 Å². The monoisotopic (exact) mass is 306 g/mol. The first-order valence-electron chi connectivity index (χ1n) is 7.61. The van der Waals surface area contributed by atoms with E-state index in [1.807, 2.05) is 0 Å². The van der Waals surface area contributed by atoms with Crippen LogP contribution in [0, 0.1) is 6.92 Å². The fourth-order valence-electron chi connectivity index (χ4n) is 3.11. The van der Waals surface area contributed by atoms with E-state index in [0.29, 0.717) is 0 Å². The maximum atomic E-state index is 4.61. The van der Waals surface area contributed by atoms with Gasteiger partial charge < -0.3 is 4.90 Å². The molecule has 0 amide bonds. The quantitative estimate of drug-likeness (QED) is 0.650. The maximum Gasteiger partial charge on any atom is 0.0907 e. The molecule has 0 aliphatic carbocycles. The van der Waals surface area contributed by atoms with Crippen LogP contribution in [0.5, 0.6) is 0 Å². The minimum absolute atomic E-state index is 0.896. The first-order valence-corrected chi connectivity index (χ1v) is 8.43. The topological polar surface area (TPSA) is 16.1 Å². The average molecular weight is 306 g/mol. The molecule has 110 valence electrons. The number of thiazole rings is 1. The molecule has 0 spiro atoms. The van der Waals surface area contributed by atoms with E-state index in [9.17, 15) is 0 Å². The molecule has 0 N–H and O–H groups in total. The summed E-state index contributed by atoms with van der Waals surface area (Å²) >= 11 is 1.74. The van der Waals surface area contributed by atoms with Crippen LogP contribution in [0.3, 0.4) is 0 Å². The van der Waals surface area contributed by atoms with Crippen LogP contribution in [0.15, 0.2) is 43.0 Å². The number of aryl methyl sites for hydroxylation is 2. The minimum Gasteiger partial charge on any atom is -0.337 e. The number of anilines is 1. The second-order valence-electron chi connectivity index (χ2n) is 5.76. The van der Waals surface area contributed by atoms with Crippen molar-refractivity contribution >= 4 is 32.9 Å². The van der Waals surface area contributed by atoms with Crippen molar-refractivity contribution < 1.29 is 0 Å². The molecular formula is C19H18N2S. The summed E-state index contributed by atoms with van der Waals surface area (Å²) in [5.41, 5.74) is 7.37. The summed E-state index contributed by atoms with van der Waals surface area (Å²) in [6.07, 6.45) is 1.06. The van der Waals surface area contributed by atoms with Crippen LogP contribution in [-0.2, 0) is 13.0 Å². The Hall–Kier alpha value is -2.13. The first-order chi connectivity index (χ1) is 10.7. The summed E-state index contributed by atoms with van der Waals surface area (Å²) in [6, 6.07) is 13.3. The molecule has 3 heteroatoms. The highest BCUT2D eigenvalue weighted by Gasteiger charge is 2.24. The predicted octanol–water partition coefficient (Wildman–Crippen LogP) is 5.16. The summed E-state index contributed by atoms with van der Waals surface area (Å²) in [6.45, 7) is 9.46. The lowest BCUT2D eigenvalue weighted by atomic mass is 10.0. The summed E-state index contributed by atoms with van der Waals surface area (Å²) in [7, 11) is 0. The second kappa shape index (κ2) is 4.96. The van der Waals surface area contributed by atoms with Crippen LogP contribution in [0.4, 0.5) is 5.69 Å². The normalized spacial score (nSPS) is 13.9. The van der Waals surface area contributed by atoms with E-state index in [1.165, 1.54) is 27.1 Å².